The topological polar surface area (TPSA) is 58.1 Å². The van der Waals surface area contributed by atoms with E-state index in [9.17, 15) is 5.11 Å². The van der Waals surface area contributed by atoms with Gasteiger partial charge in [-0.1, -0.05) is 0 Å². The number of aromatic hydroxyl groups is 1. The Morgan fingerprint density at radius 3 is 2.25 bits per heavy atom. The van der Waals surface area contributed by atoms with Crippen molar-refractivity contribution in [3.8, 4) is 17.2 Å². The van der Waals surface area contributed by atoms with Crippen LogP contribution in [0.1, 0.15) is 11.1 Å². The average Bonchev–Trinajstić information content (AvgIpc) is 3.05. The van der Waals surface area contributed by atoms with Gasteiger partial charge in [-0.3, -0.25) is 14.8 Å². The smallest absolute Gasteiger partial charge is 0.231 e. The third kappa shape index (κ3) is 3.29. The summed E-state index contributed by atoms with van der Waals surface area (Å²) in [5.74, 6) is 1.62. The summed E-state index contributed by atoms with van der Waals surface area (Å²) in [5, 5.41) is 10.2. The Bertz CT molecular complexity index is 700. The SMILES string of the molecule is Oc1cc2c(cc1CN1CCN(Cc3ccncc3)CC1)OCO2. The fourth-order valence-corrected chi connectivity index (χ4v) is 3.19. The fraction of sp³-hybridized carbons (Fsp3) is 0.389. The van der Waals surface area contributed by atoms with Crippen molar-refractivity contribution in [3.05, 3.63) is 47.8 Å². The highest BCUT2D eigenvalue weighted by Crippen LogP contribution is 2.38. The molecule has 6 heteroatoms. The molecule has 1 aromatic carbocycles. The van der Waals surface area contributed by atoms with E-state index < -0.39 is 0 Å². The Morgan fingerprint density at radius 1 is 0.917 bits per heavy atom. The summed E-state index contributed by atoms with van der Waals surface area (Å²) in [5.41, 5.74) is 2.19. The van der Waals surface area contributed by atoms with E-state index in [2.05, 4.69) is 26.9 Å². The lowest BCUT2D eigenvalue weighted by atomic mass is 10.1. The van der Waals surface area contributed by atoms with E-state index in [0.29, 0.717) is 5.75 Å². The van der Waals surface area contributed by atoms with Gasteiger partial charge in [-0.15, -0.1) is 0 Å². The minimum Gasteiger partial charge on any atom is -0.507 e. The standard InChI is InChI=1S/C18H21N3O3/c22-16-10-18-17(23-13-24-18)9-15(16)12-21-7-5-20(6-8-21)11-14-1-3-19-4-2-14/h1-4,9-10,22H,5-8,11-13H2. The molecule has 0 radical (unpaired) electrons. The van der Waals surface area contributed by atoms with Crippen LogP contribution in [0.25, 0.3) is 0 Å². The van der Waals surface area contributed by atoms with Gasteiger partial charge < -0.3 is 14.6 Å². The second-order valence-electron chi connectivity index (χ2n) is 6.24. The van der Waals surface area contributed by atoms with Gasteiger partial charge in [0.05, 0.1) is 0 Å². The molecule has 0 bridgehead atoms. The molecule has 4 rings (SSSR count). The molecule has 2 aliphatic rings. The number of benzene rings is 1. The molecule has 1 N–H and O–H groups in total. The summed E-state index contributed by atoms with van der Waals surface area (Å²) < 4.78 is 10.7. The van der Waals surface area contributed by atoms with Crippen LogP contribution in [-0.4, -0.2) is 52.9 Å². The molecule has 1 fully saturated rings. The minimum atomic E-state index is 0.228. The van der Waals surface area contributed by atoms with E-state index in [0.717, 1.165) is 50.6 Å². The monoisotopic (exact) mass is 327 g/mol. The van der Waals surface area contributed by atoms with Crippen LogP contribution >= 0.6 is 0 Å². The lowest BCUT2D eigenvalue weighted by Crippen LogP contribution is -2.45. The number of phenolic OH excluding ortho intramolecular Hbond substituents is 1. The molecule has 2 aliphatic heterocycles. The lowest BCUT2D eigenvalue weighted by molar-refractivity contribution is 0.121. The quantitative estimate of drug-likeness (QED) is 0.925. The first-order valence-electron chi connectivity index (χ1n) is 8.23. The number of nitrogens with zero attached hydrogens (tertiary/aromatic N) is 3. The Labute approximate surface area is 141 Å². The van der Waals surface area contributed by atoms with Crippen molar-refractivity contribution >= 4 is 0 Å². The molecule has 2 aromatic rings. The highest BCUT2D eigenvalue weighted by molar-refractivity contribution is 5.51. The molecule has 3 heterocycles. The van der Waals surface area contributed by atoms with Gasteiger partial charge in [-0.25, -0.2) is 0 Å². The molecule has 0 saturated carbocycles. The van der Waals surface area contributed by atoms with Crippen molar-refractivity contribution in [2.45, 2.75) is 13.1 Å². The van der Waals surface area contributed by atoms with Crippen LogP contribution in [0.4, 0.5) is 0 Å². The molecular weight excluding hydrogens is 306 g/mol. The highest BCUT2D eigenvalue weighted by atomic mass is 16.7. The molecule has 0 spiro atoms. The van der Waals surface area contributed by atoms with Gasteiger partial charge in [-0.2, -0.15) is 0 Å². The fourth-order valence-electron chi connectivity index (χ4n) is 3.19. The number of aromatic nitrogens is 1. The number of pyridine rings is 1. The van der Waals surface area contributed by atoms with Gasteiger partial charge in [0.15, 0.2) is 11.5 Å². The summed E-state index contributed by atoms with van der Waals surface area (Å²) in [6, 6.07) is 7.67. The minimum absolute atomic E-state index is 0.228. The summed E-state index contributed by atoms with van der Waals surface area (Å²) in [4.78, 5) is 8.87. The van der Waals surface area contributed by atoms with Crippen molar-refractivity contribution < 1.29 is 14.6 Å². The largest absolute Gasteiger partial charge is 0.507 e. The molecule has 0 atom stereocenters. The van der Waals surface area contributed by atoms with Gasteiger partial charge in [0.1, 0.15) is 5.75 Å². The van der Waals surface area contributed by atoms with Crippen LogP contribution in [0.2, 0.25) is 0 Å². The second-order valence-corrected chi connectivity index (χ2v) is 6.24. The predicted molar refractivity (Wildman–Crippen MR) is 89.0 cm³/mol. The van der Waals surface area contributed by atoms with Crippen molar-refractivity contribution in [2.24, 2.45) is 0 Å². The zero-order valence-electron chi connectivity index (χ0n) is 13.5. The average molecular weight is 327 g/mol. The van der Waals surface area contributed by atoms with Gasteiger partial charge in [0.2, 0.25) is 6.79 Å². The van der Waals surface area contributed by atoms with Crippen LogP contribution in [0, 0.1) is 0 Å². The van der Waals surface area contributed by atoms with Crippen LogP contribution < -0.4 is 9.47 Å². The van der Waals surface area contributed by atoms with Gasteiger partial charge >= 0.3 is 0 Å². The van der Waals surface area contributed by atoms with Crippen molar-refractivity contribution in [3.63, 3.8) is 0 Å². The zero-order chi connectivity index (χ0) is 16.4. The number of ether oxygens (including phenoxy) is 2. The van der Waals surface area contributed by atoms with Crippen LogP contribution in [0.3, 0.4) is 0 Å². The number of hydrogen-bond acceptors (Lipinski definition) is 6. The van der Waals surface area contributed by atoms with E-state index in [1.165, 1.54) is 5.56 Å². The maximum atomic E-state index is 10.2. The molecule has 1 saturated heterocycles. The van der Waals surface area contributed by atoms with Gasteiger partial charge in [0.25, 0.3) is 0 Å². The zero-order valence-corrected chi connectivity index (χ0v) is 13.5. The normalized spacial score (nSPS) is 18.0. The van der Waals surface area contributed by atoms with Crippen molar-refractivity contribution in [1.82, 2.24) is 14.8 Å². The molecular formula is C18H21N3O3. The third-order valence-electron chi connectivity index (χ3n) is 4.59. The summed E-state index contributed by atoms with van der Waals surface area (Å²) in [6.07, 6.45) is 3.68. The van der Waals surface area contributed by atoms with Gasteiger partial charge in [0, 0.05) is 63.3 Å². The first kappa shape index (κ1) is 15.2. The summed E-state index contributed by atoms with van der Waals surface area (Å²) in [7, 11) is 0. The predicted octanol–water partition coefficient (Wildman–Crippen LogP) is 1.83. The van der Waals surface area contributed by atoms with Crippen molar-refractivity contribution in [2.75, 3.05) is 33.0 Å². The Kier molecular flexibility index (Phi) is 4.23. The second kappa shape index (κ2) is 6.67. The molecule has 1 aromatic heterocycles. The molecule has 0 amide bonds. The van der Waals surface area contributed by atoms with E-state index in [-0.39, 0.29) is 12.5 Å². The third-order valence-corrected chi connectivity index (χ3v) is 4.59. The van der Waals surface area contributed by atoms with Crippen LogP contribution in [0.5, 0.6) is 17.2 Å². The first-order chi connectivity index (χ1) is 11.8. The van der Waals surface area contributed by atoms with E-state index >= 15 is 0 Å². The number of piperazine rings is 1. The summed E-state index contributed by atoms with van der Waals surface area (Å²) in [6.45, 7) is 5.93. The molecule has 126 valence electrons. The number of phenols is 1. The highest BCUT2D eigenvalue weighted by Gasteiger charge is 2.21. The molecule has 6 nitrogen and oxygen atoms in total. The summed E-state index contributed by atoms with van der Waals surface area (Å²) >= 11 is 0. The van der Waals surface area contributed by atoms with Gasteiger partial charge in [-0.05, 0) is 23.8 Å². The van der Waals surface area contributed by atoms with Crippen molar-refractivity contribution in [1.29, 1.82) is 0 Å². The Hall–Kier alpha value is -2.31. The van der Waals surface area contributed by atoms with E-state index in [1.807, 2.05) is 18.5 Å². The first-order valence-corrected chi connectivity index (χ1v) is 8.23. The Balaban J connectivity index is 1.33. The van der Waals surface area contributed by atoms with E-state index in [4.69, 9.17) is 9.47 Å². The molecule has 0 unspecified atom stereocenters. The Morgan fingerprint density at radius 2 is 1.54 bits per heavy atom. The molecule has 24 heavy (non-hydrogen) atoms. The van der Waals surface area contributed by atoms with E-state index in [1.54, 1.807) is 6.07 Å². The lowest BCUT2D eigenvalue weighted by Gasteiger charge is -2.34. The van der Waals surface area contributed by atoms with Crippen LogP contribution in [0.15, 0.2) is 36.7 Å². The number of fused-ring (bicyclic) bond motifs is 1. The maximum absolute atomic E-state index is 10.2. The molecule has 0 aliphatic carbocycles. The number of hydrogen-bond donors (Lipinski definition) is 1. The van der Waals surface area contributed by atoms with Crippen LogP contribution in [-0.2, 0) is 13.1 Å². The maximum Gasteiger partial charge on any atom is 0.231 e. The number of rotatable bonds is 4.